The van der Waals surface area contributed by atoms with Crippen molar-refractivity contribution < 1.29 is 17.5 Å². The zero-order chi connectivity index (χ0) is 11.4. The molecule has 0 rings (SSSR count). The van der Waals surface area contributed by atoms with Crippen molar-refractivity contribution in [3.8, 4) is 0 Å². The molecule has 0 unspecified atom stereocenters. The van der Waals surface area contributed by atoms with E-state index in [4.69, 9.17) is 0 Å². The second kappa shape index (κ2) is 6.42. The Balaban J connectivity index is 4.84. The van der Waals surface area contributed by atoms with E-state index < -0.39 is 5.45 Å². The van der Waals surface area contributed by atoms with Gasteiger partial charge in [0.2, 0.25) is 0 Å². The average Bonchev–Trinajstić information content (AvgIpc) is 2.03. The summed E-state index contributed by atoms with van der Waals surface area (Å²) in [4.78, 5) is 1.26. The van der Waals surface area contributed by atoms with Crippen molar-refractivity contribution in [2.75, 3.05) is 0 Å². The maximum absolute atomic E-state index is 3.88. The molecule has 14 heavy (non-hydrogen) atoms. The summed E-state index contributed by atoms with van der Waals surface area (Å²) in [5, 5.41) is 0. The molecule has 0 fully saturated rings. The molecule has 0 saturated carbocycles. The monoisotopic (exact) mass is 308 g/mol. The number of rotatable bonds is 6. The molecule has 0 aromatic carbocycles. The molecule has 0 aromatic heterocycles. The Morgan fingerprint density at radius 2 is 1.36 bits per heavy atom. The van der Waals surface area contributed by atoms with E-state index >= 15 is 0 Å². The third-order valence-electron chi connectivity index (χ3n) is 2.90. The first-order valence-electron chi connectivity index (χ1n) is 5.53. The Hall–Kier alpha value is 0.832. The Bertz CT molecular complexity index is 151. The summed E-state index contributed by atoms with van der Waals surface area (Å²) >= 11 is 0.944. The third-order valence-corrected chi connectivity index (χ3v) is 20.8. The van der Waals surface area contributed by atoms with Gasteiger partial charge in [0.05, 0.1) is 0 Å². The van der Waals surface area contributed by atoms with Gasteiger partial charge in [-0.15, -0.1) is 0 Å². The molecule has 2 heteroatoms. The molecular formula is C12H27PPd. The van der Waals surface area contributed by atoms with E-state index in [1.54, 1.807) is 0 Å². The van der Waals surface area contributed by atoms with Crippen LogP contribution in [0, 0.1) is 0 Å². The van der Waals surface area contributed by atoms with Crippen LogP contribution in [0.15, 0.2) is 12.7 Å². The van der Waals surface area contributed by atoms with Gasteiger partial charge in [0.15, 0.2) is 0 Å². The van der Waals surface area contributed by atoms with E-state index in [0.717, 1.165) is 34.5 Å². The van der Waals surface area contributed by atoms with Crippen molar-refractivity contribution in [2.45, 2.75) is 63.4 Å². The van der Waals surface area contributed by atoms with E-state index in [9.17, 15) is 0 Å². The zero-order valence-corrected chi connectivity index (χ0v) is 13.1. The second-order valence-corrected chi connectivity index (χ2v) is 16.3. The van der Waals surface area contributed by atoms with E-state index in [2.05, 4.69) is 54.2 Å². The van der Waals surface area contributed by atoms with Gasteiger partial charge in [-0.25, -0.2) is 0 Å². The van der Waals surface area contributed by atoms with Crippen LogP contribution in [0.1, 0.15) is 41.5 Å². The summed E-state index contributed by atoms with van der Waals surface area (Å²) in [5.74, 6) is 0. The summed E-state index contributed by atoms with van der Waals surface area (Å²) in [5.41, 5.74) is 1.67. The predicted octanol–water partition coefficient (Wildman–Crippen LogP) is 4.56. The molecule has 0 bridgehead atoms. The Labute approximate surface area is 98.9 Å². The van der Waals surface area contributed by atoms with Gasteiger partial charge in [-0.2, -0.15) is 0 Å². The topological polar surface area (TPSA) is 0 Å². The summed E-state index contributed by atoms with van der Waals surface area (Å²) < 4.78 is 0. The minimum atomic E-state index is -1.07. The average molecular weight is 309 g/mol. The fourth-order valence-corrected chi connectivity index (χ4v) is 15.7. The zero-order valence-electron chi connectivity index (χ0n) is 10.5. The van der Waals surface area contributed by atoms with Gasteiger partial charge in [-0.3, -0.25) is 0 Å². The molecule has 0 aromatic rings. The van der Waals surface area contributed by atoms with E-state index in [0.29, 0.717) is 0 Å². The fraction of sp³-hybridized carbons (Fsp3) is 0.833. The molecule has 0 amide bonds. The summed E-state index contributed by atoms with van der Waals surface area (Å²) in [6.07, 6.45) is 2.11. The van der Waals surface area contributed by atoms with Crippen molar-refractivity contribution >= 4 is 5.45 Å². The predicted molar refractivity (Wildman–Crippen MR) is 68.7 cm³/mol. The van der Waals surface area contributed by atoms with Crippen LogP contribution in [0.4, 0.5) is 0 Å². The molecule has 0 heterocycles. The maximum atomic E-state index is 3.88. The van der Waals surface area contributed by atoms with Crippen LogP contribution in [0.3, 0.4) is 0 Å². The molecule has 0 aliphatic rings. The van der Waals surface area contributed by atoms with Gasteiger partial charge in [0, 0.05) is 0 Å². The molecule has 0 atom stereocenters. The van der Waals surface area contributed by atoms with Gasteiger partial charge < -0.3 is 0 Å². The molecule has 90 valence electrons. The molecule has 0 nitrogen and oxygen atoms in total. The summed E-state index contributed by atoms with van der Waals surface area (Å²) in [7, 11) is 0. The Kier molecular flexibility index (Phi) is 6.80. The molecule has 0 radical (unpaired) electrons. The van der Waals surface area contributed by atoms with Crippen molar-refractivity contribution in [3.63, 3.8) is 0 Å². The third kappa shape index (κ3) is 3.16. The standard InChI is InChI=1S/C9H21P.C3H5.Pd/c1-7(2)10(8(3)4)9(5)6;1-3-2;/h7-9H,1-6H3;3H,1-2H2;/q;;-1/p+1. The van der Waals surface area contributed by atoms with E-state index in [1.807, 2.05) is 0 Å². The number of hydrogen-bond acceptors (Lipinski definition) is 0. The van der Waals surface area contributed by atoms with Crippen LogP contribution < -0.4 is 0 Å². The van der Waals surface area contributed by atoms with Crippen LogP contribution in [0.25, 0.3) is 0 Å². The SMILES string of the molecule is C=C[CH2][Pd][PH](C(C)C)(C(C)C)C(C)C. The van der Waals surface area contributed by atoms with Crippen molar-refractivity contribution in [2.24, 2.45) is 0 Å². The summed E-state index contributed by atoms with van der Waals surface area (Å²) in [6, 6.07) is 0. The van der Waals surface area contributed by atoms with Crippen molar-refractivity contribution in [1.29, 1.82) is 0 Å². The summed E-state index contributed by atoms with van der Waals surface area (Å²) in [6.45, 7) is 18.5. The normalized spacial score (nSPS) is 14.4. The fourth-order valence-electron chi connectivity index (χ4n) is 2.54. The first-order chi connectivity index (χ1) is 6.39. The van der Waals surface area contributed by atoms with Crippen LogP contribution in [-0.2, 0) is 17.5 Å². The van der Waals surface area contributed by atoms with Crippen molar-refractivity contribution in [1.82, 2.24) is 0 Å². The molecule has 0 N–H and O–H groups in total. The Morgan fingerprint density at radius 3 is 1.57 bits per heavy atom. The molecular weight excluding hydrogens is 282 g/mol. The van der Waals surface area contributed by atoms with Crippen LogP contribution in [0.2, 0.25) is 4.89 Å². The van der Waals surface area contributed by atoms with Crippen LogP contribution in [-0.4, -0.2) is 17.0 Å². The number of allylic oxidation sites excluding steroid dienone is 1. The Morgan fingerprint density at radius 1 is 1.00 bits per heavy atom. The molecule has 0 aliphatic carbocycles. The number of hydrogen-bond donors (Lipinski definition) is 0. The minimum absolute atomic E-state index is 0.913. The van der Waals surface area contributed by atoms with E-state index in [-0.39, 0.29) is 0 Å². The quantitative estimate of drug-likeness (QED) is 0.383. The van der Waals surface area contributed by atoms with Gasteiger partial charge >= 0.3 is 99.0 Å². The van der Waals surface area contributed by atoms with Crippen LogP contribution >= 0.6 is 5.45 Å². The van der Waals surface area contributed by atoms with Crippen molar-refractivity contribution in [3.05, 3.63) is 12.7 Å². The van der Waals surface area contributed by atoms with Gasteiger partial charge in [0.1, 0.15) is 0 Å². The van der Waals surface area contributed by atoms with Gasteiger partial charge in [-0.1, -0.05) is 0 Å². The first-order valence-corrected chi connectivity index (χ1v) is 11.0. The van der Waals surface area contributed by atoms with Gasteiger partial charge in [-0.05, 0) is 0 Å². The van der Waals surface area contributed by atoms with Gasteiger partial charge in [0.25, 0.3) is 0 Å². The molecule has 0 aliphatic heterocycles. The van der Waals surface area contributed by atoms with Crippen LogP contribution in [0.5, 0.6) is 0 Å². The molecule has 0 spiro atoms. The van der Waals surface area contributed by atoms with E-state index in [1.165, 1.54) is 4.89 Å². The molecule has 0 saturated heterocycles. The first kappa shape index (κ1) is 14.8. The second-order valence-electron chi connectivity index (χ2n) is 4.77.